The van der Waals surface area contributed by atoms with Crippen molar-refractivity contribution >= 4 is 17.4 Å². The van der Waals surface area contributed by atoms with Gasteiger partial charge < -0.3 is 10.6 Å². The van der Waals surface area contributed by atoms with Gasteiger partial charge in [0.05, 0.1) is 0 Å². The molecule has 0 spiro atoms. The highest BCUT2D eigenvalue weighted by Crippen LogP contribution is 2.21. The molecule has 0 saturated carbocycles. The molecular weight excluding hydrogens is 344 g/mol. The molecule has 0 aliphatic carbocycles. The first-order chi connectivity index (χ1) is 12.6. The molecule has 146 valence electrons. The zero-order valence-corrected chi connectivity index (χ0v) is 16.6. The molecule has 0 bridgehead atoms. The average Bonchev–Trinajstić information content (AvgIpc) is 2.57. The molecule has 0 saturated heterocycles. The number of hydrogen-bond donors (Lipinski definition) is 2. The number of aromatic amines is 1. The molecule has 0 atom stereocenters. The summed E-state index contributed by atoms with van der Waals surface area (Å²) in [5.41, 5.74) is 6.49. The molecule has 0 unspecified atom stereocenters. The van der Waals surface area contributed by atoms with Crippen molar-refractivity contribution in [2.45, 2.75) is 41.2 Å². The van der Waals surface area contributed by atoms with Crippen molar-refractivity contribution in [1.82, 2.24) is 9.55 Å². The van der Waals surface area contributed by atoms with Crippen molar-refractivity contribution in [3.63, 3.8) is 0 Å². The summed E-state index contributed by atoms with van der Waals surface area (Å²) in [6, 6.07) is 7.13. The van der Waals surface area contributed by atoms with E-state index in [-0.39, 0.29) is 29.2 Å². The average molecular weight is 372 g/mol. The standard InChI is InChI=1S/C20H28N4O3/c1-12(2)10-23(19(26)15-8-6-14(5)7-9-15)16-17(21)24(11-13(3)4)20(27)22-18(16)25/h6-9,12-13H,10-11,21H2,1-5H3,(H,22,25,27). The molecule has 0 radical (unpaired) electrons. The summed E-state index contributed by atoms with van der Waals surface area (Å²) in [4.78, 5) is 41.6. The van der Waals surface area contributed by atoms with Crippen LogP contribution in [-0.2, 0) is 6.54 Å². The summed E-state index contributed by atoms with van der Waals surface area (Å²) >= 11 is 0. The lowest BCUT2D eigenvalue weighted by atomic mass is 10.1. The molecule has 7 heteroatoms. The molecule has 1 aromatic carbocycles. The molecule has 0 fully saturated rings. The number of hydrogen-bond acceptors (Lipinski definition) is 4. The van der Waals surface area contributed by atoms with Gasteiger partial charge in [-0.3, -0.25) is 19.1 Å². The molecule has 27 heavy (non-hydrogen) atoms. The van der Waals surface area contributed by atoms with E-state index in [2.05, 4.69) is 4.98 Å². The highest BCUT2D eigenvalue weighted by atomic mass is 16.2. The van der Waals surface area contributed by atoms with Crippen LogP contribution >= 0.6 is 0 Å². The molecular formula is C20H28N4O3. The van der Waals surface area contributed by atoms with Gasteiger partial charge in [0.2, 0.25) is 0 Å². The van der Waals surface area contributed by atoms with Gasteiger partial charge in [-0.05, 0) is 30.9 Å². The fraction of sp³-hybridized carbons (Fsp3) is 0.450. The minimum Gasteiger partial charge on any atom is -0.383 e. The number of H-pyrrole nitrogens is 1. The van der Waals surface area contributed by atoms with E-state index in [0.29, 0.717) is 18.7 Å². The largest absolute Gasteiger partial charge is 0.383 e. The number of amides is 1. The monoisotopic (exact) mass is 372 g/mol. The fourth-order valence-electron chi connectivity index (χ4n) is 2.88. The van der Waals surface area contributed by atoms with Gasteiger partial charge in [0.25, 0.3) is 11.5 Å². The Balaban J connectivity index is 2.63. The van der Waals surface area contributed by atoms with Crippen LogP contribution in [0.4, 0.5) is 11.5 Å². The Hall–Kier alpha value is -2.83. The van der Waals surface area contributed by atoms with Crippen molar-refractivity contribution < 1.29 is 4.79 Å². The van der Waals surface area contributed by atoms with Gasteiger partial charge in [-0.1, -0.05) is 45.4 Å². The van der Waals surface area contributed by atoms with Crippen LogP contribution in [0.25, 0.3) is 0 Å². The maximum Gasteiger partial charge on any atom is 0.330 e. The van der Waals surface area contributed by atoms with Crippen LogP contribution in [0.3, 0.4) is 0 Å². The molecule has 1 heterocycles. The number of nitrogens with two attached hydrogens (primary N) is 1. The highest BCUT2D eigenvalue weighted by Gasteiger charge is 2.26. The first-order valence-corrected chi connectivity index (χ1v) is 9.13. The SMILES string of the molecule is Cc1ccc(C(=O)N(CC(C)C)c2c(N)n(CC(C)C)c(=O)[nH]c2=O)cc1. The Morgan fingerprint density at radius 2 is 1.70 bits per heavy atom. The van der Waals surface area contributed by atoms with E-state index in [1.165, 1.54) is 9.47 Å². The third-order valence-corrected chi connectivity index (χ3v) is 4.12. The quantitative estimate of drug-likeness (QED) is 0.813. The van der Waals surface area contributed by atoms with E-state index in [9.17, 15) is 14.4 Å². The van der Waals surface area contributed by atoms with Gasteiger partial charge in [-0.25, -0.2) is 4.79 Å². The van der Waals surface area contributed by atoms with Crippen molar-refractivity contribution in [2.75, 3.05) is 17.2 Å². The van der Waals surface area contributed by atoms with Crippen LogP contribution in [0.1, 0.15) is 43.6 Å². The molecule has 0 aliphatic heterocycles. The first-order valence-electron chi connectivity index (χ1n) is 9.13. The molecule has 2 aromatic rings. The lowest BCUT2D eigenvalue weighted by Gasteiger charge is -2.26. The number of nitrogens with one attached hydrogen (secondary N) is 1. The zero-order valence-electron chi connectivity index (χ0n) is 16.6. The van der Waals surface area contributed by atoms with Gasteiger partial charge >= 0.3 is 5.69 Å². The summed E-state index contributed by atoms with van der Waals surface area (Å²) in [7, 11) is 0. The maximum atomic E-state index is 13.1. The van der Waals surface area contributed by atoms with Crippen LogP contribution in [0.2, 0.25) is 0 Å². The first kappa shape index (κ1) is 20.5. The van der Waals surface area contributed by atoms with Crippen molar-refractivity contribution in [1.29, 1.82) is 0 Å². The van der Waals surface area contributed by atoms with E-state index < -0.39 is 11.2 Å². The Labute approximate surface area is 158 Å². The van der Waals surface area contributed by atoms with Crippen molar-refractivity contribution in [3.8, 4) is 0 Å². The molecule has 3 N–H and O–H groups in total. The van der Waals surface area contributed by atoms with E-state index >= 15 is 0 Å². The smallest absolute Gasteiger partial charge is 0.330 e. The molecule has 0 aliphatic rings. The minimum atomic E-state index is -0.654. The molecule has 1 amide bonds. The van der Waals surface area contributed by atoms with Gasteiger partial charge in [-0.2, -0.15) is 0 Å². The van der Waals surface area contributed by atoms with Gasteiger partial charge in [0, 0.05) is 18.7 Å². The third kappa shape index (κ3) is 4.67. The topological polar surface area (TPSA) is 101 Å². The van der Waals surface area contributed by atoms with E-state index in [1.54, 1.807) is 12.1 Å². The van der Waals surface area contributed by atoms with Gasteiger partial charge in [0.1, 0.15) is 5.82 Å². The summed E-state index contributed by atoms with van der Waals surface area (Å²) < 4.78 is 1.32. The Bertz CT molecular complexity index is 924. The Morgan fingerprint density at radius 3 is 2.22 bits per heavy atom. The zero-order chi connectivity index (χ0) is 20.3. The summed E-state index contributed by atoms with van der Waals surface area (Å²) in [5.74, 6) is -0.0621. The number of nitrogens with zero attached hydrogens (tertiary/aromatic N) is 2. The van der Waals surface area contributed by atoms with Crippen LogP contribution in [-0.4, -0.2) is 22.0 Å². The number of aromatic nitrogens is 2. The van der Waals surface area contributed by atoms with Gasteiger partial charge in [0.15, 0.2) is 5.69 Å². The van der Waals surface area contributed by atoms with Crippen LogP contribution < -0.4 is 21.9 Å². The van der Waals surface area contributed by atoms with Crippen LogP contribution in [0, 0.1) is 18.8 Å². The van der Waals surface area contributed by atoms with Crippen LogP contribution in [0.5, 0.6) is 0 Å². The third-order valence-electron chi connectivity index (χ3n) is 4.12. The molecule has 1 aromatic heterocycles. The second-order valence-corrected chi connectivity index (χ2v) is 7.67. The number of carbonyl (C=O) groups is 1. The molecule has 7 nitrogen and oxygen atoms in total. The number of nitrogen functional groups attached to an aromatic ring is 1. The number of anilines is 2. The van der Waals surface area contributed by atoms with Crippen LogP contribution in [0.15, 0.2) is 33.9 Å². The predicted molar refractivity (Wildman–Crippen MR) is 108 cm³/mol. The Kier molecular flexibility index (Phi) is 6.25. The lowest BCUT2D eigenvalue weighted by molar-refractivity contribution is 0.0983. The van der Waals surface area contributed by atoms with E-state index in [1.807, 2.05) is 46.8 Å². The predicted octanol–water partition coefficient (Wildman–Crippen LogP) is 2.39. The lowest BCUT2D eigenvalue weighted by Crippen LogP contribution is -2.43. The van der Waals surface area contributed by atoms with Gasteiger partial charge in [-0.15, -0.1) is 0 Å². The molecule has 2 rings (SSSR count). The number of rotatable bonds is 6. The number of benzene rings is 1. The summed E-state index contributed by atoms with van der Waals surface area (Å²) in [6.07, 6.45) is 0. The second kappa shape index (κ2) is 8.24. The van der Waals surface area contributed by atoms with Crippen molar-refractivity contribution in [3.05, 3.63) is 56.2 Å². The normalized spacial score (nSPS) is 11.2. The number of aryl methyl sites for hydroxylation is 1. The summed E-state index contributed by atoms with van der Waals surface area (Å²) in [5, 5.41) is 0. The highest BCUT2D eigenvalue weighted by molar-refractivity contribution is 6.07. The second-order valence-electron chi connectivity index (χ2n) is 7.67. The summed E-state index contributed by atoms with van der Waals surface area (Å²) in [6.45, 7) is 10.4. The number of carbonyl (C=O) groups excluding carboxylic acids is 1. The Morgan fingerprint density at radius 1 is 1.11 bits per heavy atom. The van der Waals surface area contributed by atoms with E-state index in [0.717, 1.165) is 5.56 Å². The van der Waals surface area contributed by atoms with Crippen molar-refractivity contribution in [2.24, 2.45) is 11.8 Å². The minimum absolute atomic E-state index is 0.0126. The maximum absolute atomic E-state index is 13.1. The fourth-order valence-corrected chi connectivity index (χ4v) is 2.88. The van der Waals surface area contributed by atoms with E-state index in [4.69, 9.17) is 5.73 Å².